The maximum Gasteiger partial charge on any atom is 0.217 e. The Morgan fingerprint density at radius 2 is 1.83 bits per heavy atom. The van der Waals surface area contributed by atoms with Crippen molar-refractivity contribution in [3.8, 4) is 0 Å². The number of amides is 1. The van der Waals surface area contributed by atoms with Gasteiger partial charge in [-0.05, 0) is 18.2 Å². The zero-order chi connectivity index (χ0) is 16.2. The van der Waals surface area contributed by atoms with Gasteiger partial charge in [-0.3, -0.25) is 9.78 Å². The van der Waals surface area contributed by atoms with E-state index >= 15 is 0 Å². The molecule has 0 bridgehead atoms. The lowest BCUT2D eigenvalue weighted by Crippen LogP contribution is -2.28. The van der Waals surface area contributed by atoms with Crippen molar-refractivity contribution in [1.82, 2.24) is 10.3 Å². The van der Waals surface area contributed by atoms with E-state index in [4.69, 9.17) is 0 Å². The largest absolute Gasteiger partial charge is 0.349 e. The maximum atomic E-state index is 14.1. The Kier molecular flexibility index (Phi) is 4.33. The fourth-order valence-corrected chi connectivity index (χ4v) is 2.67. The minimum Gasteiger partial charge on any atom is -0.349 e. The highest BCUT2D eigenvalue weighted by Crippen LogP contribution is 2.22. The van der Waals surface area contributed by atoms with E-state index in [1.165, 1.54) is 13.0 Å². The van der Waals surface area contributed by atoms with Crippen LogP contribution in [0.15, 0.2) is 60.7 Å². The molecule has 0 aliphatic heterocycles. The van der Waals surface area contributed by atoms with Gasteiger partial charge in [0.15, 0.2) is 0 Å². The molecule has 3 rings (SSSR count). The van der Waals surface area contributed by atoms with Crippen LogP contribution in [0.5, 0.6) is 0 Å². The molecule has 1 heterocycles. The molecule has 116 valence electrons. The number of carbonyl (C=O) groups excluding carboxylic acids is 1. The number of carbonyl (C=O) groups is 1. The van der Waals surface area contributed by atoms with Crippen LogP contribution in [-0.2, 0) is 11.2 Å². The number of hydrogen-bond donors (Lipinski definition) is 1. The highest BCUT2D eigenvalue weighted by Gasteiger charge is 2.17. The molecule has 3 aromatic rings. The number of nitrogens with one attached hydrogen (secondary N) is 1. The highest BCUT2D eigenvalue weighted by molar-refractivity contribution is 5.78. The quantitative estimate of drug-likeness (QED) is 0.796. The van der Waals surface area contributed by atoms with Crippen molar-refractivity contribution in [2.45, 2.75) is 19.4 Å². The van der Waals surface area contributed by atoms with Crippen molar-refractivity contribution in [2.24, 2.45) is 0 Å². The average Bonchev–Trinajstić information content (AvgIpc) is 2.54. The first-order valence-corrected chi connectivity index (χ1v) is 7.49. The van der Waals surface area contributed by atoms with Crippen molar-refractivity contribution >= 4 is 16.8 Å². The number of aromatic nitrogens is 1. The van der Waals surface area contributed by atoms with Crippen LogP contribution in [0, 0.1) is 5.82 Å². The van der Waals surface area contributed by atoms with Gasteiger partial charge in [0.2, 0.25) is 5.91 Å². The monoisotopic (exact) mass is 308 g/mol. The van der Waals surface area contributed by atoms with Crippen molar-refractivity contribution in [1.29, 1.82) is 0 Å². The highest BCUT2D eigenvalue weighted by atomic mass is 19.1. The topological polar surface area (TPSA) is 42.0 Å². The van der Waals surface area contributed by atoms with Gasteiger partial charge in [-0.15, -0.1) is 0 Å². The van der Waals surface area contributed by atoms with Gasteiger partial charge in [0, 0.05) is 30.0 Å². The van der Waals surface area contributed by atoms with E-state index in [1.807, 2.05) is 36.4 Å². The summed E-state index contributed by atoms with van der Waals surface area (Å²) in [7, 11) is 0. The molecule has 3 nitrogen and oxygen atoms in total. The molecule has 4 heteroatoms. The van der Waals surface area contributed by atoms with Crippen LogP contribution in [-0.4, -0.2) is 10.9 Å². The summed E-state index contributed by atoms with van der Waals surface area (Å²) in [6.07, 6.45) is 0.436. The molecule has 2 aromatic carbocycles. The van der Waals surface area contributed by atoms with E-state index in [2.05, 4.69) is 10.3 Å². The van der Waals surface area contributed by atoms with Gasteiger partial charge in [-0.25, -0.2) is 4.39 Å². The predicted octanol–water partition coefficient (Wildman–Crippen LogP) is 3.79. The third-order valence-corrected chi connectivity index (χ3v) is 3.73. The van der Waals surface area contributed by atoms with E-state index in [0.717, 1.165) is 16.6 Å². The van der Waals surface area contributed by atoms with Gasteiger partial charge in [-0.2, -0.15) is 0 Å². The molecule has 1 unspecified atom stereocenters. The maximum absolute atomic E-state index is 14.1. The second kappa shape index (κ2) is 6.57. The van der Waals surface area contributed by atoms with E-state index in [9.17, 15) is 9.18 Å². The second-order valence-corrected chi connectivity index (χ2v) is 5.47. The van der Waals surface area contributed by atoms with Gasteiger partial charge in [0.1, 0.15) is 5.82 Å². The Bertz CT molecular complexity index is 847. The van der Waals surface area contributed by atoms with Gasteiger partial charge in [0.25, 0.3) is 0 Å². The van der Waals surface area contributed by atoms with Crippen LogP contribution >= 0.6 is 0 Å². The third kappa shape index (κ3) is 3.54. The number of halogens is 1. The van der Waals surface area contributed by atoms with E-state index in [-0.39, 0.29) is 11.7 Å². The minimum atomic E-state index is -0.442. The Balaban J connectivity index is 1.93. The first kappa shape index (κ1) is 15.2. The summed E-state index contributed by atoms with van der Waals surface area (Å²) in [6, 6.07) is 17.8. The van der Waals surface area contributed by atoms with Gasteiger partial charge in [0.05, 0.1) is 11.6 Å². The normalized spacial score (nSPS) is 12.1. The van der Waals surface area contributed by atoms with Crippen LogP contribution in [0.3, 0.4) is 0 Å². The van der Waals surface area contributed by atoms with Crippen LogP contribution in [0.2, 0.25) is 0 Å². The molecule has 0 aliphatic rings. The first-order valence-electron chi connectivity index (χ1n) is 7.49. The number of nitrogens with zero attached hydrogens (tertiary/aromatic N) is 1. The van der Waals surface area contributed by atoms with E-state index < -0.39 is 6.04 Å². The van der Waals surface area contributed by atoms with Crippen molar-refractivity contribution in [3.05, 3.63) is 77.7 Å². The fraction of sp³-hybridized carbons (Fsp3) is 0.158. The van der Waals surface area contributed by atoms with Gasteiger partial charge < -0.3 is 5.32 Å². The number of hydrogen-bond acceptors (Lipinski definition) is 2. The molecule has 0 aliphatic carbocycles. The Hall–Kier alpha value is -2.75. The lowest BCUT2D eigenvalue weighted by molar-refractivity contribution is -0.119. The summed E-state index contributed by atoms with van der Waals surface area (Å²) in [5.74, 6) is -0.522. The third-order valence-electron chi connectivity index (χ3n) is 3.73. The van der Waals surface area contributed by atoms with Crippen molar-refractivity contribution in [2.75, 3.05) is 0 Å². The molecule has 0 saturated heterocycles. The molecule has 1 atom stereocenters. The smallest absolute Gasteiger partial charge is 0.217 e. The summed E-state index contributed by atoms with van der Waals surface area (Å²) in [4.78, 5) is 16.1. The van der Waals surface area contributed by atoms with Crippen LogP contribution in [0.4, 0.5) is 4.39 Å². The summed E-state index contributed by atoms with van der Waals surface area (Å²) in [6.45, 7) is 1.43. The van der Waals surface area contributed by atoms with Gasteiger partial charge in [-0.1, -0.05) is 42.5 Å². The molecular weight excluding hydrogens is 291 g/mol. The molecule has 0 saturated carbocycles. The van der Waals surface area contributed by atoms with E-state index in [0.29, 0.717) is 12.0 Å². The van der Waals surface area contributed by atoms with Crippen LogP contribution < -0.4 is 5.32 Å². The molecule has 23 heavy (non-hydrogen) atoms. The molecule has 1 amide bonds. The zero-order valence-corrected chi connectivity index (χ0v) is 12.8. The molecule has 0 spiro atoms. The lowest BCUT2D eigenvalue weighted by atomic mass is 10.0. The summed E-state index contributed by atoms with van der Waals surface area (Å²) >= 11 is 0. The second-order valence-electron chi connectivity index (χ2n) is 5.47. The molecule has 1 aromatic heterocycles. The van der Waals surface area contributed by atoms with Crippen LogP contribution in [0.1, 0.15) is 24.2 Å². The minimum absolute atomic E-state index is 0.195. The van der Waals surface area contributed by atoms with Crippen molar-refractivity contribution < 1.29 is 9.18 Å². The standard InChI is InChI=1S/C19H17FN2O/c1-13(23)21-19(16-7-3-4-8-17(16)20)12-15-11-10-14-6-2-5-9-18(14)22-15/h2-11,19H,12H2,1H3,(H,21,23). The molecule has 1 N–H and O–H groups in total. The summed E-state index contributed by atoms with van der Waals surface area (Å²) < 4.78 is 14.1. The molecule has 0 radical (unpaired) electrons. The Morgan fingerprint density at radius 1 is 1.09 bits per heavy atom. The SMILES string of the molecule is CC(=O)NC(Cc1ccc2ccccc2n1)c1ccccc1F. The number of pyridine rings is 1. The zero-order valence-electron chi connectivity index (χ0n) is 12.8. The number of rotatable bonds is 4. The lowest BCUT2D eigenvalue weighted by Gasteiger charge is -2.19. The Labute approximate surface area is 134 Å². The Morgan fingerprint density at radius 3 is 2.61 bits per heavy atom. The first-order chi connectivity index (χ1) is 11.1. The molecule has 0 fully saturated rings. The van der Waals surface area contributed by atoms with Crippen LogP contribution in [0.25, 0.3) is 10.9 Å². The number of fused-ring (bicyclic) bond motifs is 1. The van der Waals surface area contributed by atoms with E-state index in [1.54, 1.807) is 18.2 Å². The van der Waals surface area contributed by atoms with Crippen molar-refractivity contribution in [3.63, 3.8) is 0 Å². The molecular formula is C19H17FN2O. The summed E-state index contributed by atoms with van der Waals surface area (Å²) in [5, 5.41) is 3.87. The number of para-hydroxylation sites is 1. The summed E-state index contributed by atoms with van der Waals surface area (Å²) in [5.41, 5.74) is 2.17. The average molecular weight is 308 g/mol. The predicted molar refractivity (Wildman–Crippen MR) is 88.4 cm³/mol. The van der Waals surface area contributed by atoms with Gasteiger partial charge >= 0.3 is 0 Å². The number of benzene rings is 2. The fourth-order valence-electron chi connectivity index (χ4n) is 2.67.